The quantitative estimate of drug-likeness (QED) is 0.615. The number of anilines is 2. The first kappa shape index (κ1) is 20.1. The van der Waals surface area contributed by atoms with Crippen LogP contribution in [0.1, 0.15) is 10.4 Å². The van der Waals surface area contributed by atoms with Gasteiger partial charge in [0.25, 0.3) is 11.8 Å². The normalized spacial score (nSPS) is 13.4. The third-order valence-corrected chi connectivity index (χ3v) is 4.42. The number of esters is 1. The number of para-hydroxylation sites is 2. The number of aliphatic hydroxyl groups excluding tert-OH is 1. The molecule has 0 spiro atoms. The summed E-state index contributed by atoms with van der Waals surface area (Å²) in [7, 11) is 1.23. The molecule has 2 aromatic carbocycles. The molecule has 0 fully saturated rings. The topological polar surface area (TPSA) is 108 Å². The molecule has 150 valence electrons. The van der Waals surface area contributed by atoms with Crippen molar-refractivity contribution in [3.05, 3.63) is 71.4 Å². The van der Waals surface area contributed by atoms with Crippen LogP contribution < -0.4 is 10.6 Å². The Bertz CT molecular complexity index is 956. The summed E-state index contributed by atoms with van der Waals surface area (Å²) in [6.07, 6.45) is 0. The highest BCUT2D eigenvalue weighted by Crippen LogP contribution is 2.25. The molecule has 0 aromatic heterocycles. The first-order chi connectivity index (χ1) is 14.0. The second-order valence-electron chi connectivity index (χ2n) is 6.29. The fraction of sp³-hybridized carbons (Fsp3) is 0.190. The molecule has 0 saturated carbocycles. The maximum absolute atomic E-state index is 12.7. The van der Waals surface area contributed by atoms with Gasteiger partial charge in [-0.05, 0) is 24.3 Å². The van der Waals surface area contributed by atoms with Crippen LogP contribution in [0.25, 0.3) is 0 Å². The average Bonchev–Trinajstić information content (AvgIpc) is 3.04. The van der Waals surface area contributed by atoms with Crippen LogP contribution >= 0.6 is 0 Å². The summed E-state index contributed by atoms with van der Waals surface area (Å²) in [5, 5.41) is 14.9. The van der Waals surface area contributed by atoms with Crippen LogP contribution in [0, 0.1) is 0 Å². The minimum atomic E-state index is -0.646. The molecular formula is C21H21N3O5. The molecule has 0 radical (unpaired) electrons. The summed E-state index contributed by atoms with van der Waals surface area (Å²) in [5.74, 6) is -1.46. The van der Waals surface area contributed by atoms with Crippen LogP contribution in [0.15, 0.2) is 65.9 Å². The highest BCUT2D eigenvalue weighted by Gasteiger charge is 2.34. The number of benzene rings is 2. The number of hydrogen-bond donors (Lipinski definition) is 3. The van der Waals surface area contributed by atoms with Gasteiger partial charge in [0.2, 0.25) is 0 Å². The number of methoxy groups -OCH3 is 1. The van der Waals surface area contributed by atoms with Gasteiger partial charge in [0.05, 0.1) is 37.1 Å². The van der Waals surface area contributed by atoms with Crippen LogP contribution in [0.3, 0.4) is 0 Å². The van der Waals surface area contributed by atoms with Crippen LogP contribution in [0.2, 0.25) is 0 Å². The summed E-state index contributed by atoms with van der Waals surface area (Å²) >= 11 is 0. The van der Waals surface area contributed by atoms with Crippen LogP contribution in [-0.2, 0) is 14.3 Å². The minimum absolute atomic E-state index is 0.0206. The Hall–Kier alpha value is -3.65. The van der Waals surface area contributed by atoms with Crippen molar-refractivity contribution in [3.8, 4) is 0 Å². The summed E-state index contributed by atoms with van der Waals surface area (Å²) in [6, 6.07) is 15.7. The van der Waals surface area contributed by atoms with Crippen LogP contribution in [0.5, 0.6) is 0 Å². The van der Waals surface area contributed by atoms with E-state index >= 15 is 0 Å². The second-order valence-corrected chi connectivity index (χ2v) is 6.29. The zero-order chi connectivity index (χ0) is 20.8. The number of amides is 2. The largest absolute Gasteiger partial charge is 0.466 e. The summed E-state index contributed by atoms with van der Waals surface area (Å²) in [5.41, 5.74) is 1.49. The molecule has 0 saturated heterocycles. The second kappa shape index (κ2) is 9.03. The third kappa shape index (κ3) is 4.44. The summed E-state index contributed by atoms with van der Waals surface area (Å²) in [6.45, 7) is -0.128. The number of carbonyl (C=O) groups is 3. The van der Waals surface area contributed by atoms with Crippen molar-refractivity contribution < 1.29 is 24.2 Å². The van der Waals surface area contributed by atoms with Gasteiger partial charge < -0.3 is 25.4 Å². The lowest BCUT2D eigenvalue weighted by Crippen LogP contribution is -2.31. The number of nitrogens with one attached hydrogen (secondary N) is 2. The molecule has 0 unspecified atom stereocenters. The fourth-order valence-electron chi connectivity index (χ4n) is 2.99. The van der Waals surface area contributed by atoms with Gasteiger partial charge in [0.15, 0.2) is 0 Å². The number of rotatable bonds is 7. The number of ether oxygens (including phenoxy) is 1. The number of carbonyl (C=O) groups excluding carboxylic acids is 3. The van der Waals surface area contributed by atoms with Gasteiger partial charge in [-0.25, -0.2) is 4.79 Å². The molecule has 8 heteroatoms. The van der Waals surface area contributed by atoms with Gasteiger partial charge in [-0.3, -0.25) is 9.59 Å². The Balaban J connectivity index is 1.90. The summed E-state index contributed by atoms with van der Waals surface area (Å²) in [4.78, 5) is 38.9. The van der Waals surface area contributed by atoms with Gasteiger partial charge in [-0.2, -0.15) is 0 Å². The molecule has 2 amide bonds. The number of β-amino-alcohol motifs (C(OH)–C–C–N with tert-alkyl or cyclic N) is 1. The van der Waals surface area contributed by atoms with E-state index in [4.69, 9.17) is 9.84 Å². The van der Waals surface area contributed by atoms with Gasteiger partial charge in [0, 0.05) is 12.2 Å². The predicted octanol–water partition coefficient (Wildman–Crippen LogP) is 1.61. The van der Waals surface area contributed by atoms with Gasteiger partial charge in [0.1, 0.15) is 5.70 Å². The molecule has 3 N–H and O–H groups in total. The molecule has 29 heavy (non-hydrogen) atoms. The van der Waals surface area contributed by atoms with Crippen molar-refractivity contribution in [2.75, 3.05) is 37.4 Å². The minimum Gasteiger partial charge on any atom is -0.466 e. The molecule has 0 aliphatic carbocycles. The highest BCUT2D eigenvalue weighted by molar-refractivity contribution is 6.11. The Kier molecular flexibility index (Phi) is 6.25. The Morgan fingerprint density at radius 3 is 2.48 bits per heavy atom. The number of aliphatic hydroxyl groups is 1. The van der Waals surface area contributed by atoms with Crippen molar-refractivity contribution >= 4 is 29.2 Å². The van der Waals surface area contributed by atoms with Gasteiger partial charge in [-0.1, -0.05) is 30.3 Å². The molecule has 1 aliphatic heterocycles. The van der Waals surface area contributed by atoms with Crippen molar-refractivity contribution in [2.45, 2.75) is 0 Å². The van der Waals surface area contributed by atoms with Crippen molar-refractivity contribution in [2.24, 2.45) is 0 Å². The van der Waals surface area contributed by atoms with E-state index in [2.05, 4.69) is 10.6 Å². The maximum Gasteiger partial charge on any atom is 0.337 e. The lowest BCUT2D eigenvalue weighted by Gasteiger charge is -2.16. The molecule has 0 bridgehead atoms. The molecule has 3 rings (SSSR count). The first-order valence-corrected chi connectivity index (χ1v) is 8.99. The van der Waals surface area contributed by atoms with E-state index in [1.54, 1.807) is 48.5 Å². The SMILES string of the molecule is COC(=O)C1=C(Nc2ccccc2C(=O)Nc2ccccc2)C(=O)N(CCO)C1. The Labute approximate surface area is 167 Å². The number of hydrogen-bond acceptors (Lipinski definition) is 6. The Morgan fingerprint density at radius 2 is 1.79 bits per heavy atom. The molecule has 1 aliphatic rings. The van der Waals surface area contributed by atoms with E-state index in [9.17, 15) is 14.4 Å². The first-order valence-electron chi connectivity index (χ1n) is 8.99. The lowest BCUT2D eigenvalue weighted by molar-refractivity contribution is -0.136. The van der Waals surface area contributed by atoms with Crippen LogP contribution in [0.4, 0.5) is 11.4 Å². The number of nitrogens with zero attached hydrogens (tertiary/aromatic N) is 1. The molecular weight excluding hydrogens is 374 g/mol. The summed E-state index contributed by atoms with van der Waals surface area (Å²) < 4.78 is 4.78. The Morgan fingerprint density at radius 1 is 1.10 bits per heavy atom. The van der Waals surface area contributed by atoms with Crippen molar-refractivity contribution in [1.82, 2.24) is 4.90 Å². The molecule has 8 nitrogen and oxygen atoms in total. The van der Waals surface area contributed by atoms with E-state index in [1.165, 1.54) is 12.0 Å². The smallest absolute Gasteiger partial charge is 0.337 e. The van der Waals surface area contributed by atoms with Gasteiger partial charge >= 0.3 is 5.97 Å². The highest BCUT2D eigenvalue weighted by atomic mass is 16.5. The van der Waals surface area contributed by atoms with Crippen LogP contribution in [-0.4, -0.2) is 54.6 Å². The molecule has 0 atom stereocenters. The zero-order valence-electron chi connectivity index (χ0n) is 15.8. The molecule has 1 heterocycles. The van der Waals surface area contributed by atoms with E-state index in [-0.39, 0.29) is 36.9 Å². The average molecular weight is 395 g/mol. The van der Waals surface area contributed by atoms with E-state index in [0.717, 1.165) is 0 Å². The van der Waals surface area contributed by atoms with Crippen molar-refractivity contribution in [3.63, 3.8) is 0 Å². The van der Waals surface area contributed by atoms with Crippen molar-refractivity contribution in [1.29, 1.82) is 0 Å². The van der Waals surface area contributed by atoms with E-state index in [0.29, 0.717) is 16.9 Å². The fourth-order valence-corrected chi connectivity index (χ4v) is 2.99. The predicted molar refractivity (Wildman–Crippen MR) is 107 cm³/mol. The van der Waals surface area contributed by atoms with E-state index in [1.807, 2.05) is 6.07 Å². The van der Waals surface area contributed by atoms with E-state index < -0.39 is 11.9 Å². The standard InChI is InChI=1S/C21H21N3O5/c1-29-21(28)16-13-24(11-12-25)20(27)18(16)23-17-10-6-5-9-15(17)19(26)22-14-7-3-2-4-8-14/h2-10,23,25H,11-13H2,1H3,(H,22,26). The zero-order valence-corrected chi connectivity index (χ0v) is 15.8. The third-order valence-electron chi connectivity index (χ3n) is 4.42. The molecule has 2 aromatic rings. The lowest BCUT2D eigenvalue weighted by atomic mass is 10.1. The van der Waals surface area contributed by atoms with Gasteiger partial charge in [-0.15, -0.1) is 0 Å². The maximum atomic E-state index is 12.7. The monoisotopic (exact) mass is 395 g/mol.